The SMILES string of the molecule is CC(C)(C)OC(=O)N1CCC(O)CC1.CC(C)(C)OC(=O)OC(=O)OC(C)(C)C.O=C(NO)C1(S(=O)(=O)N2CCC(OCc3ccc(OC(F)(F)F)cc3)CC2)CCOCC1.OC1CCNCC1. The van der Waals surface area contributed by atoms with Crippen LogP contribution in [0.3, 0.4) is 0 Å². The lowest BCUT2D eigenvalue weighted by atomic mass is 9.98. The Morgan fingerprint density at radius 3 is 1.63 bits per heavy atom. The molecule has 5 rings (SSSR count). The van der Waals surface area contributed by atoms with Gasteiger partial charge in [0.25, 0.3) is 5.91 Å². The van der Waals surface area contributed by atoms with E-state index in [4.69, 9.17) is 34.0 Å². The van der Waals surface area contributed by atoms with Crippen molar-refractivity contribution in [3.05, 3.63) is 29.8 Å². The lowest BCUT2D eigenvalue weighted by molar-refractivity contribution is -0.274. The molecule has 0 radical (unpaired) electrons. The van der Waals surface area contributed by atoms with E-state index in [1.165, 1.54) is 34.1 Å². The number of aliphatic hydroxyl groups is 2. The van der Waals surface area contributed by atoms with E-state index in [0.29, 0.717) is 44.3 Å². The molecule has 4 aliphatic rings. The molecule has 392 valence electrons. The smallest absolute Gasteiger partial charge is 0.444 e. The molecule has 4 heterocycles. The fourth-order valence-electron chi connectivity index (χ4n) is 6.68. The maximum absolute atomic E-state index is 13.2. The number of sulfonamides is 1. The van der Waals surface area contributed by atoms with Crippen molar-refractivity contribution in [1.82, 2.24) is 20.0 Å². The second-order valence-corrected chi connectivity index (χ2v) is 21.6. The molecule has 2 amide bonds. The number of halogens is 3. The molecule has 4 saturated heterocycles. The van der Waals surface area contributed by atoms with Crippen LogP contribution in [0.4, 0.5) is 27.6 Å². The number of aliphatic hydroxyl groups excluding tert-OH is 2. The summed E-state index contributed by atoms with van der Waals surface area (Å²) in [4.78, 5) is 47.5. The van der Waals surface area contributed by atoms with Crippen molar-refractivity contribution in [2.75, 3.05) is 52.5 Å². The normalized spacial score (nSPS) is 19.0. The highest BCUT2D eigenvalue weighted by molar-refractivity contribution is 7.91. The Morgan fingerprint density at radius 1 is 0.750 bits per heavy atom. The summed E-state index contributed by atoms with van der Waals surface area (Å²) in [5.74, 6) is -1.29. The number of carbonyl (C=O) groups is 4. The van der Waals surface area contributed by atoms with Crippen molar-refractivity contribution >= 4 is 34.3 Å². The Kier molecular flexibility index (Phi) is 23.7. The average Bonchev–Trinajstić information content (AvgIpc) is 3.22. The van der Waals surface area contributed by atoms with Gasteiger partial charge in [0.1, 0.15) is 22.6 Å². The van der Waals surface area contributed by atoms with E-state index in [-0.39, 0.29) is 75.9 Å². The molecule has 1 aromatic rings. The van der Waals surface area contributed by atoms with Crippen LogP contribution in [-0.2, 0) is 49.8 Å². The third-order valence-electron chi connectivity index (χ3n) is 10.1. The first-order chi connectivity index (χ1) is 31.3. The molecule has 0 bridgehead atoms. The summed E-state index contributed by atoms with van der Waals surface area (Å²) in [5, 5.41) is 30.4. The van der Waals surface area contributed by atoms with Crippen molar-refractivity contribution in [1.29, 1.82) is 0 Å². The van der Waals surface area contributed by atoms with Gasteiger partial charge in [-0.25, -0.2) is 32.6 Å². The summed E-state index contributed by atoms with van der Waals surface area (Å²) in [7, 11) is -4.05. The van der Waals surface area contributed by atoms with Crippen LogP contribution in [0.2, 0.25) is 0 Å². The van der Waals surface area contributed by atoms with Gasteiger partial charge in [0, 0.05) is 52.2 Å². The summed E-state index contributed by atoms with van der Waals surface area (Å²) < 4.78 is 96.5. The number of nitrogens with zero attached hydrogens (tertiary/aromatic N) is 2. The van der Waals surface area contributed by atoms with E-state index in [1.54, 1.807) is 46.4 Å². The third-order valence-corrected chi connectivity index (χ3v) is 12.7. The lowest BCUT2D eigenvalue weighted by Gasteiger charge is -2.40. The van der Waals surface area contributed by atoms with E-state index in [9.17, 15) is 45.9 Å². The van der Waals surface area contributed by atoms with Crippen LogP contribution in [0.5, 0.6) is 5.75 Å². The third kappa shape index (κ3) is 23.0. The molecule has 0 atom stereocenters. The Labute approximate surface area is 397 Å². The van der Waals surface area contributed by atoms with Gasteiger partial charge in [-0.05, 0) is 132 Å². The molecular formula is C44H73F3N4O16S. The number of likely N-dealkylation sites (tertiary alicyclic amines) is 1. The first kappa shape index (κ1) is 60.1. The van der Waals surface area contributed by atoms with Crippen molar-refractivity contribution in [3.8, 4) is 5.75 Å². The Morgan fingerprint density at radius 2 is 1.22 bits per heavy atom. The number of hydroxylamine groups is 1. The molecule has 0 spiro atoms. The number of carbonyl (C=O) groups excluding carboxylic acids is 4. The number of piperidine rings is 3. The van der Waals surface area contributed by atoms with Gasteiger partial charge in [-0.2, -0.15) is 0 Å². The van der Waals surface area contributed by atoms with E-state index < -0.39 is 56.2 Å². The van der Waals surface area contributed by atoms with Crippen LogP contribution in [0.25, 0.3) is 0 Å². The zero-order valence-corrected chi connectivity index (χ0v) is 41.5. The fraction of sp³-hybridized carbons (Fsp3) is 0.773. The maximum Gasteiger partial charge on any atom is 0.573 e. The standard InChI is InChI=1S/C19H25F3N2O7S.C10H19NO3.C10H18O5.C5H11NO/c20-19(21,22)31-16-3-1-14(2-4-16)13-30-15-5-9-24(10-6-15)32(27,28)18(17(25)23-26)7-11-29-12-8-18;1-10(2,3)14-9(13)11-6-4-8(12)5-7-11;1-9(2,3)14-7(11)13-8(12)15-10(4,5)6;7-5-1-3-6-4-2-5/h1-4,15,26H,5-13H2,(H,23,25);8,12H,4-7H2,1-3H3;1-6H3;5-7H,1-4H2. The monoisotopic (exact) mass is 1000 g/mol. The number of nitrogens with one attached hydrogen (secondary N) is 2. The van der Waals surface area contributed by atoms with Crippen LogP contribution in [0, 0.1) is 0 Å². The van der Waals surface area contributed by atoms with Crippen LogP contribution in [0.15, 0.2) is 24.3 Å². The quantitative estimate of drug-likeness (QED) is 0.0697. The molecule has 0 aliphatic carbocycles. The highest BCUT2D eigenvalue weighted by Crippen LogP contribution is 2.35. The molecule has 20 nitrogen and oxygen atoms in total. The molecular weight excluding hydrogens is 930 g/mol. The minimum Gasteiger partial charge on any atom is -0.444 e. The molecule has 0 saturated carbocycles. The Hall–Kier alpha value is -4.04. The van der Waals surface area contributed by atoms with Gasteiger partial charge < -0.3 is 53.6 Å². The van der Waals surface area contributed by atoms with Crippen LogP contribution < -0.4 is 15.5 Å². The number of amides is 2. The van der Waals surface area contributed by atoms with Gasteiger partial charge in [-0.15, -0.1) is 13.2 Å². The second-order valence-electron chi connectivity index (χ2n) is 19.4. The topological polar surface area (TPSA) is 258 Å². The van der Waals surface area contributed by atoms with Gasteiger partial charge in [0.05, 0.1) is 24.9 Å². The molecule has 1 aromatic carbocycles. The van der Waals surface area contributed by atoms with E-state index in [1.807, 2.05) is 20.8 Å². The number of alkyl halides is 3. The number of rotatable bonds is 7. The van der Waals surface area contributed by atoms with Gasteiger partial charge in [-0.3, -0.25) is 10.0 Å². The summed E-state index contributed by atoms with van der Waals surface area (Å²) in [6.07, 6.45) is -3.83. The van der Waals surface area contributed by atoms with E-state index in [2.05, 4.69) is 14.8 Å². The number of hydrogen-bond donors (Lipinski definition) is 5. The minimum absolute atomic E-state index is 0.0266. The lowest BCUT2D eigenvalue weighted by Crippen LogP contribution is -2.60. The highest BCUT2D eigenvalue weighted by Gasteiger charge is 2.54. The van der Waals surface area contributed by atoms with Crippen molar-refractivity contribution in [3.63, 3.8) is 0 Å². The fourth-order valence-corrected chi connectivity index (χ4v) is 8.83. The van der Waals surface area contributed by atoms with Crippen LogP contribution in [-0.4, -0.2) is 156 Å². The maximum atomic E-state index is 13.2. The van der Waals surface area contributed by atoms with Crippen molar-refractivity contribution < 1.29 is 89.3 Å². The van der Waals surface area contributed by atoms with E-state index >= 15 is 0 Å². The Balaban J connectivity index is 0.000000364. The summed E-state index contributed by atoms with van der Waals surface area (Å²) in [6.45, 7) is 19.4. The Bertz CT molecular complexity index is 1780. The second kappa shape index (κ2) is 26.8. The first-order valence-electron chi connectivity index (χ1n) is 22.5. The minimum atomic E-state index is -4.76. The molecule has 68 heavy (non-hydrogen) atoms. The zero-order valence-electron chi connectivity index (χ0n) is 40.6. The number of hydrogen-bond acceptors (Lipinski definition) is 17. The van der Waals surface area contributed by atoms with Crippen molar-refractivity contribution in [2.45, 2.75) is 167 Å². The zero-order chi connectivity index (χ0) is 51.6. The molecule has 4 aliphatic heterocycles. The molecule has 24 heteroatoms. The molecule has 4 fully saturated rings. The van der Waals surface area contributed by atoms with Gasteiger partial charge in [0.15, 0.2) is 4.75 Å². The van der Waals surface area contributed by atoms with E-state index in [0.717, 1.165) is 25.9 Å². The number of ether oxygens (including phenoxy) is 7. The first-order valence-corrected chi connectivity index (χ1v) is 24.0. The van der Waals surface area contributed by atoms with Gasteiger partial charge in [0.2, 0.25) is 10.0 Å². The molecule has 0 unspecified atom stereocenters. The van der Waals surface area contributed by atoms with Crippen molar-refractivity contribution in [2.24, 2.45) is 0 Å². The summed E-state index contributed by atoms with van der Waals surface area (Å²) in [6, 6.07) is 5.31. The highest BCUT2D eigenvalue weighted by atomic mass is 32.2. The summed E-state index contributed by atoms with van der Waals surface area (Å²) >= 11 is 0. The molecule has 0 aromatic heterocycles. The predicted octanol–water partition coefficient (Wildman–Crippen LogP) is 5.93. The van der Waals surface area contributed by atoms with Gasteiger partial charge in [-0.1, -0.05) is 12.1 Å². The molecule has 5 N–H and O–H groups in total. The average molecular weight is 1000 g/mol. The van der Waals surface area contributed by atoms with Crippen LogP contribution >= 0.6 is 0 Å². The predicted molar refractivity (Wildman–Crippen MR) is 239 cm³/mol. The summed E-state index contributed by atoms with van der Waals surface area (Å²) in [5.41, 5.74) is 0.308. The van der Waals surface area contributed by atoms with Gasteiger partial charge >= 0.3 is 24.8 Å². The van der Waals surface area contributed by atoms with Crippen LogP contribution in [0.1, 0.15) is 119 Å². The largest absolute Gasteiger partial charge is 0.573 e. The number of benzene rings is 1.